The number of rotatable bonds is 9. The fourth-order valence-corrected chi connectivity index (χ4v) is 3.27. The normalized spacial score (nSPS) is 13.5. The van der Waals surface area contributed by atoms with Gasteiger partial charge in [-0.1, -0.05) is 18.6 Å². The smallest absolute Gasteiger partial charge is 0.319 e. The molecule has 0 aliphatic carbocycles. The van der Waals surface area contributed by atoms with Gasteiger partial charge in [0.15, 0.2) is 0 Å². The molecule has 28 heavy (non-hydrogen) atoms. The molecule has 0 atom stereocenters. The van der Waals surface area contributed by atoms with Gasteiger partial charge in [-0.3, -0.25) is 0 Å². The number of hydrogen-bond acceptors (Lipinski definition) is 5. The van der Waals surface area contributed by atoms with E-state index in [-0.39, 0.29) is 6.03 Å². The molecule has 2 amide bonds. The zero-order valence-electron chi connectivity index (χ0n) is 16.4. The Morgan fingerprint density at radius 3 is 2.96 bits per heavy atom. The Morgan fingerprint density at radius 1 is 1.18 bits per heavy atom. The van der Waals surface area contributed by atoms with Gasteiger partial charge in [0, 0.05) is 46.1 Å². The van der Waals surface area contributed by atoms with E-state index >= 15 is 0 Å². The number of anilines is 1. The molecular formula is C20H29N5O3. The number of hydrogen-bond donors (Lipinski definition) is 2. The Labute approximate surface area is 165 Å². The van der Waals surface area contributed by atoms with Crippen LogP contribution in [0.2, 0.25) is 0 Å². The van der Waals surface area contributed by atoms with Crippen LogP contribution in [0.25, 0.3) is 0 Å². The molecule has 1 aromatic heterocycles. The highest BCUT2D eigenvalue weighted by molar-refractivity contribution is 5.90. The molecule has 2 N–H and O–H groups in total. The number of urea groups is 1. The molecule has 0 radical (unpaired) electrons. The summed E-state index contributed by atoms with van der Waals surface area (Å²) in [5.41, 5.74) is 0.647. The first-order valence-corrected chi connectivity index (χ1v) is 9.94. The fourth-order valence-electron chi connectivity index (χ4n) is 3.27. The molecule has 152 valence electrons. The van der Waals surface area contributed by atoms with Crippen molar-refractivity contribution in [1.29, 1.82) is 0 Å². The monoisotopic (exact) mass is 387 g/mol. The molecule has 0 fully saturated rings. The van der Waals surface area contributed by atoms with Gasteiger partial charge in [0.05, 0.1) is 12.3 Å². The first-order chi connectivity index (χ1) is 13.8. The molecule has 8 nitrogen and oxygen atoms in total. The number of nitrogens with one attached hydrogen (secondary N) is 2. The Hall–Kier alpha value is -2.61. The number of methoxy groups -OCH3 is 1. The number of benzene rings is 1. The quantitative estimate of drug-likeness (QED) is 0.646. The van der Waals surface area contributed by atoms with Crippen molar-refractivity contribution in [1.82, 2.24) is 20.1 Å². The topological polar surface area (TPSA) is 90.3 Å². The van der Waals surface area contributed by atoms with Crippen LogP contribution in [0.15, 0.2) is 24.3 Å². The standard InChI is InChI=1S/C20H29N5O3/c1-27-14-7-15-28-17-9-5-4-8-16(17)22-20(26)21-12-11-19-24-23-18-10-3-2-6-13-25(18)19/h4-5,8-9H,2-3,6-7,10-15H2,1H3,(H2,21,22,26). The summed E-state index contributed by atoms with van der Waals surface area (Å²) in [5, 5.41) is 14.3. The summed E-state index contributed by atoms with van der Waals surface area (Å²) in [6.45, 7) is 2.65. The average Bonchev–Trinajstić information content (AvgIpc) is 2.93. The second-order valence-corrected chi connectivity index (χ2v) is 6.82. The third-order valence-corrected chi connectivity index (χ3v) is 4.71. The minimum atomic E-state index is -0.261. The van der Waals surface area contributed by atoms with Crippen molar-refractivity contribution < 1.29 is 14.3 Å². The van der Waals surface area contributed by atoms with Crippen molar-refractivity contribution in [3.05, 3.63) is 35.9 Å². The third kappa shape index (κ3) is 5.69. The Balaban J connectivity index is 1.47. The van der Waals surface area contributed by atoms with E-state index in [0.717, 1.165) is 37.5 Å². The van der Waals surface area contributed by atoms with E-state index in [1.807, 2.05) is 24.3 Å². The molecule has 1 aliphatic heterocycles. The van der Waals surface area contributed by atoms with Gasteiger partial charge in [0.25, 0.3) is 0 Å². The lowest BCUT2D eigenvalue weighted by molar-refractivity contribution is 0.172. The van der Waals surface area contributed by atoms with E-state index in [0.29, 0.717) is 37.6 Å². The number of carbonyl (C=O) groups is 1. The van der Waals surface area contributed by atoms with E-state index < -0.39 is 0 Å². The molecule has 3 rings (SSSR count). The summed E-state index contributed by atoms with van der Waals surface area (Å²) in [5.74, 6) is 2.66. The summed E-state index contributed by atoms with van der Waals surface area (Å²) >= 11 is 0. The molecule has 1 aliphatic rings. The van der Waals surface area contributed by atoms with Gasteiger partial charge in [-0.05, 0) is 25.0 Å². The molecule has 1 aromatic carbocycles. The van der Waals surface area contributed by atoms with Crippen molar-refractivity contribution in [2.45, 2.75) is 45.1 Å². The van der Waals surface area contributed by atoms with Crippen LogP contribution in [0.1, 0.15) is 37.3 Å². The van der Waals surface area contributed by atoms with Gasteiger partial charge in [-0.2, -0.15) is 0 Å². The van der Waals surface area contributed by atoms with Crippen LogP contribution in [0.4, 0.5) is 10.5 Å². The summed E-state index contributed by atoms with van der Waals surface area (Å²) in [7, 11) is 1.66. The number of carbonyl (C=O) groups excluding carboxylic acids is 1. The molecule has 0 bridgehead atoms. The molecule has 0 unspecified atom stereocenters. The lowest BCUT2D eigenvalue weighted by Crippen LogP contribution is -2.31. The molecule has 0 saturated heterocycles. The zero-order valence-corrected chi connectivity index (χ0v) is 16.4. The molecule has 0 spiro atoms. The maximum Gasteiger partial charge on any atom is 0.319 e. The number of nitrogens with zero attached hydrogens (tertiary/aromatic N) is 3. The lowest BCUT2D eigenvalue weighted by Gasteiger charge is -2.13. The van der Waals surface area contributed by atoms with Gasteiger partial charge in [0.1, 0.15) is 17.4 Å². The number of fused-ring (bicyclic) bond motifs is 1. The number of aryl methyl sites for hydroxylation is 1. The van der Waals surface area contributed by atoms with E-state index in [2.05, 4.69) is 25.4 Å². The van der Waals surface area contributed by atoms with Gasteiger partial charge in [-0.15, -0.1) is 10.2 Å². The molecule has 2 aromatic rings. The highest BCUT2D eigenvalue weighted by Crippen LogP contribution is 2.23. The van der Waals surface area contributed by atoms with Crippen LogP contribution in [0, 0.1) is 0 Å². The van der Waals surface area contributed by atoms with Gasteiger partial charge in [0.2, 0.25) is 0 Å². The second kappa shape index (κ2) is 10.7. The van der Waals surface area contributed by atoms with Crippen LogP contribution >= 0.6 is 0 Å². The van der Waals surface area contributed by atoms with Crippen LogP contribution in [0.3, 0.4) is 0 Å². The van der Waals surface area contributed by atoms with Crippen LogP contribution in [0.5, 0.6) is 5.75 Å². The SMILES string of the molecule is COCCCOc1ccccc1NC(=O)NCCc1nnc2n1CCCCC2. The number of aromatic nitrogens is 3. The highest BCUT2D eigenvalue weighted by atomic mass is 16.5. The van der Waals surface area contributed by atoms with Crippen LogP contribution in [-0.2, 0) is 24.1 Å². The molecule has 2 heterocycles. The molecule has 8 heteroatoms. The number of ether oxygens (including phenoxy) is 2. The predicted molar refractivity (Wildman–Crippen MR) is 107 cm³/mol. The Kier molecular flexibility index (Phi) is 7.66. The Morgan fingerprint density at radius 2 is 2.07 bits per heavy atom. The van der Waals surface area contributed by atoms with Crippen LogP contribution in [-0.4, -0.2) is 47.7 Å². The Bertz CT molecular complexity index is 762. The van der Waals surface area contributed by atoms with E-state index in [1.54, 1.807) is 7.11 Å². The first kappa shape index (κ1) is 20.1. The number of para-hydroxylation sites is 2. The minimum absolute atomic E-state index is 0.261. The van der Waals surface area contributed by atoms with Crippen molar-refractivity contribution in [2.24, 2.45) is 0 Å². The fraction of sp³-hybridized carbons (Fsp3) is 0.550. The molecule has 0 saturated carbocycles. The molecular weight excluding hydrogens is 358 g/mol. The van der Waals surface area contributed by atoms with E-state index in [1.165, 1.54) is 12.8 Å². The zero-order chi connectivity index (χ0) is 19.6. The first-order valence-electron chi connectivity index (χ1n) is 9.94. The van der Waals surface area contributed by atoms with Crippen molar-refractivity contribution in [2.75, 3.05) is 32.2 Å². The maximum atomic E-state index is 12.3. The largest absolute Gasteiger partial charge is 0.491 e. The lowest BCUT2D eigenvalue weighted by atomic mass is 10.2. The highest BCUT2D eigenvalue weighted by Gasteiger charge is 2.14. The summed E-state index contributed by atoms with van der Waals surface area (Å²) in [6.07, 6.45) is 6.01. The van der Waals surface area contributed by atoms with Gasteiger partial charge < -0.3 is 24.7 Å². The predicted octanol–water partition coefficient (Wildman–Crippen LogP) is 2.78. The van der Waals surface area contributed by atoms with Gasteiger partial charge >= 0.3 is 6.03 Å². The number of amides is 2. The summed E-state index contributed by atoms with van der Waals surface area (Å²) < 4.78 is 13.0. The van der Waals surface area contributed by atoms with Gasteiger partial charge in [-0.25, -0.2) is 4.79 Å². The van der Waals surface area contributed by atoms with E-state index in [9.17, 15) is 4.79 Å². The van der Waals surface area contributed by atoms with Crippen molar-refractivity contribution >= 4 is 11.7 Å². The summed E-state index contributed by atoms with van der Waals surface area (Å²) in [6, 6.07) is 7.15. The van der Waals surface area contributed by atoms with Crippen molar-refractivity contribution in [3.63, 3.8) is 0 Å². The maximum absolute atomic E-state index is 12.3. The average molecular weight is 387 g/mol. The summed E-state index contributed by atoms with van der Waals surface area (Å²) in [4.78, 5) is 12.3. The van der Waals surface area contributed by atoms with Crippen LogP contribution < -0.4 is 15.4 Å². The van der Waals surface area contributed by atoms with Crippen molar-refractivity contribution in [3.8, 4) is 5.75 Å². The van der Waals surface area contributed by atoms with E-state index in [4.69, 9.17) is 9.47 Å². The third-order valence-electron chi connectivity index (χ3n) is 4.71. The second-order valence-electron chi connectivity index (χ2n) is 6.82. The minimum Gasteiger partial charge on any atom is -0.491 e.